The molecule has 12 heteroatoms. The minimum atomic E-state index is -4.78. The van der Waals surface area contributed by atoms with Gasteiger partial charge in [0.15, 0.2) is 5.11 Å². The van der Waals surface area contributed by atoms with E-state index in [1.54, 1.807) is 17.0 Å². The molecular formula is C20H20F5N5OS. The molecule has 0 aromatic heterocycles. The molecule has 2 aromatic rings. The first-order chi connectivity index (χ1) is 15.1. The van der Waals surface area contributed by atoms with Gasteiger partial charge in [-0.3, -0.25) is 10.3 Å². The molecule has 0 saturated carbocycles. The van der Waals surface area contributed by atoms with Crippen LogP contribution in [-0.2, 0) is 6.54 Å². The molecule has 1 saturated heterocycles. The molecule has 172 valence electrons. The van der Waals surface area contributed by atoms with Gasteiger partial charge < -0.3 is 15.4 Å². The number of anilines is 1. The maximum absolute atomic E-state index is 14.6. The van der Waals surface area contributed by atoms with Crippen LogP contribution < -0.4 is 20.8 Å². The van der Waals surface area contributed by atoms with Crippen LogP contribution in [0.15, 0.2) is 41.5 Å². The molecule has 1 fully saturated rings. The first kappa shape index (κ1) is 23.7. The highest BCUT2D eigenvalue weighted by Crippen LogP contribution is 2.28. The number of hydrazone groups is 1. The number of hydrogen-bond donors (Lipinski definition) is 2. The molecule has 3 N–H and O–H groups in total. The summed E-state index contributed by atoms with van der Waals surface area (Å²) < 4.78 is 70.9. The molecular weight excluding hydrogens is 453 g/mol. The van der Waals surface area contributed by atoms with E-state index in [-0.39, 0.29) is 28.7 Å². The van der Waals surface area contributed by atoms with Crippen molar-refractivity contribution in [2.24, 2.45) is 10.8 Å². The maximum atomic E-state index is 14.6. The van der Waals surface area contributed by atoms with Crippen LogP contribution in [0.25, 0.3) is 0 Å². The van der Waals surface area contributed by atoms with Crippen LogP contribution in [0.5, 0.6) is 5.75 Å². The van der Waals surface area contributed by atoms with Crippen LogP contribution in [0.2, 0.25) is 0 Å². The molecule has 0 unspecified atom stereocenters. The second-order valence-electron chi connectivity index (χ2n) is 6.98. The number of nitrogens with one attached hydrogen (secondary N) is 1. The van der Waals surface area contributed by atoms with E-state index in [1.165, 1.54) is 12.1 Å². The van der Waals surface area contributed by atoms with Gasteiger partial charge in [0, 0.05) is 49.9 Å². The number of thiocarbonyl (C=S) groups is 1. The summed E-state index contributed by atoms with van der Waals surface area (Å²) in [6.45, 7) is 1.87. The van der Waals surface area contributed by atoms with Gasteiger partial charge >= 0.3 is 6.36 Å². The van der Waals surface area contributed by atoms with Gasteiger partial charge in [0.1, 0.15) is 17.4 Å². The highest BCUT2D eigenvalue weighted by atomic mass is 32.1. The van der Waals surface area contributed by atoms with Gasteiger partial charge in [-0.1, -0.05) is 18.2 Å². The van der Waals surface area contributed by atoms with Crippen LogP contribution in [0.4, 0.5) is 27.6 Å². The normalized spacial score (nSPS) is 15.2. The lowest BCUT2D eigenvalue weighted by molar-refractivity contribution is -0.275. The maximum Gasteiger partial charge on any atom is 0.573 e. The van der Waals surface area contributed by atoms with E-state index in [4.69, 9.17) is 5.73 Å². The number of piperazine rings is 1. The van der Waals surface area contributed by atoms with Crippen LogP contribution in [0, 0.1) is 11.6 Å². The number of rotatable bonds is 6. The van der Waals surface area contributed by atoms with Crippen molar-refractivity contribution in [2.75, 3.05) is 31.1 Å². The summed E-state index contributed by atoms with van der Waals surface area (Å²) in [5, 5.41) is 3.51. The first-order valence-corrected chi connectivity index (χ1v) is 9.92. The van der Waals surface area contributed by atoms with Crippen LogP contribution >= 0.6 is 12.2 Å². The van der Waals surface area contributed by atoms with Gasteiger partial charge in [0.05, 0.1) is 11.9 Å². The van der Waals surface area contributed by atoms with E-state index >= 15 is 0 Å². The fourth-order valence-corrected chi connectivity index (χ4v) is 3.36. The second-order valence-corrected chi connectivity index (χ2v) is 7.42. The molecule has 1 aliphatic heterocycles. The van der Waals surface area contributed by atoms with E-state index in [0.29, 0.717) is 31.7 Å². The number of halogens is 5. The van der Waals surface area contributed by atoms with Crippen LogP contribution in [0.3, 0.4) is 0 Å². The minimum absolute atomic E-state index is 0.0742. The van der Waals surface area contributed by atoms with Gasteiger partial charge in [0.2, 0.25) is 0 Å². The molecule has 32 heavy (non-hydrogen) atoms. The molecule has 0 bridgehead atoms. The number of hydrogen-bond acceptors (Lipinski definition) is 5. The van der Waals surface area contributed by atoms with E-state index in [1.807, 2.05) is 4.90 Å². The van der Waals surface area contributed by atoms with Gasteiger partial charge in [-0.25, -0.2) is 8.78 Å². The molecule has 0 atom stereocenters. The Bertz CT molecular complexity index is 993. The quantitative estimate of drug-likeness (QED) is 0.290. The smallest absolute Gasteiger partial charge is 0.405 e. The molecule has 0 amide bonds. The summed E-state index contributed by atoms with van der Waals surface area (Å²) in [6, 6.07) is 8.03. The fraction of sp³-hybridized carbons (Fsp3) is 0.300. The van der Waals surface area contributed by atoms with Crippen molar-refractivity contribution in [3.63, 3.8) is 0 Å². The number of nitrogens with zero attached hydrogens (tertiary/aromatic N) is 3. The third-order valence-corrected chi connectivity index (χ3v) is 4.84. The highest BCUT2D eigenvalue weighted by molar-refractivity contribution is 7.80. The summed E-state index contributed by atoms with van der Waals surface area (Å²) in [6.07, 6.45) is -3.71. The summed E-state index contributed by atoms with van der Waals surface area (Å²) in [7, 11) is 0. The van der Waals surface area contributed by atoms with Crippen molar-refractivity contribution in [2.45, 2.75) is 12.9 Å². The van der Waals surface area contributed by atoms with Gasteiger partial charge in [-0.05, 0) is 24.4 Å². The van der Waals surface area contributed by atoms with Crippen LogP contribution in [0.1, 0.15) is 11.1 Å². The first-order valence-electron chi connectivity index (χ1n) is 9.51. The Morgan fingerprint density at radius 3 is 2.47 bits per heavy atom. The number of ether oxygens (including phenoxy) is 1. The molecule has 0 spiro atoms. The summed E-state index contributed by atoms with van der Waals surface area (Å²) in [4.78, 5) is 3.60. The average molecular weight is 473 g/mol. The fourth-order valence-electron chi connectivity index (χ4n) is 3.30. The largest absolute Gasteiger partial charge is 0.573 e. The van der Waals surface area contributed by atoms with Crippen molar-refractivity contribution in [1.29, 1.82) is 0 Å². The van der Waals surface area contributed by atoms with Crippen molar-refractivity contribution in [1.82, 2.24) is 10.3 Å². The topological polar surface area (TPSA) is 66.1 Å². The molecule has 3 rings (SSSR count). The number of nitrogens with two attached hydrogens (primary N) is 1. The van der Waals surface area contributed by atoms with Crippen molar-refractivity contribution >= 4 is 29.2 Å². The zero-order valence-corrected chi connectivity index (χ0v) is 17.5. The lowest BCUT2D eigenvalue weighted by Crippen LogP contribution is -2.46. The lowest BCUT2D eigenvalue weighted by atomic mass is 10.1. The predicted octanol–water partition coefficient (Wildman–Crippen LogP) is 3.35. The molecule has 1 heterocycles. The third kappa shape index (κ3) is 6.50. The summed E-state index contributed by atoms with van der Waals surface area (Å²) in [5.41, 5.74) is 7.89. The van der Waals surface area contributed by atoms with Gasteiger partial charge in [-0.2, -0.15) is 5.10 Å². The number of benzene rings is 2. The number of para-hydroxylation sites is 1. The Kier molecular flexibility index (Phi) is 7.46. The van der Waals surface area contributed by atoms with E-state index in [9.17, 15) is 22.0 Å². The Balaban J connectivity index is 1.64. The SMILES string of the molecule is NC(=S)NN=Cc1cc(F)c(N2CCN(Cc3ccccc3OC(F)(F)F)CC2)cc1F. The van der Waals surface area contributed by atoms with E-state index in [2.05, 4.69) is 27.5 Å². The molecule has 0 radical (unpaired) electrons. The Morgan fingerprint density at radius 2 is 1.81 bits per heavy atom. The highest BCUT2D eigenvalue weighted by Gasteiger charge is 2.32. The van der Waals surface area contributed by atoms with E-state index in [0.717, 1.165) is 18.3 Å². The van der Waals surface area contributed by atoms with Gasteiger partial charge in [-0.15, -0.1) is 13.2 Å². The average Bonchev–Trinajstić information content (AvgIpc) is 2.71. The Labute approximate surface area is 186 Å². The molecule has 1 aliphatic rings. The van der Waals surface area contributed by atoms with Crippen molar-refractivity contribution in [3.05, 3.63) is 59.2 Å². The summed E-state index contributed by atoms with van der Waals surface area (Å²) in [5.74, 6) is -1.55. The minimum Gasteiger partial charge on any atom is -0.405 e. The van der Waals surface area contributed by atoms with Crippen molar-refractivity contribution < 1.29 is 26.7 Å². The van der Waals surface area contributed by atoms with Gasteiger partial charge in [0.25, 0.3) is 0 Å². The number of alkyl halides is 3. The monoisotopic (exact) mass is 473 g/mol. The van der Waals surface area contributed by atoms with E-state index < -0.39 is 18.0 Å². The Morgan fingerprint density at radius 1 is 1.12 bits per heavy atom. The Hall–Kier alpha value is -2.99. The van der Waals surface area contributed by atoms with Crippen molar-refractivity contribution in [3.8, 4) is 5.75 Å². The standard InChI is InChI=1S/C20H20F5N5OS/c21-15-10-17(16(22)9-14(15)11-27-28-19(26)32)30-7-5-29(6-8-30)12-13-3-1-2-4-18(13)31-20(23,24)25/h1-4,9-11H,5-8,12H2,(H3,26,28,32). The predicted molar refractivity (Wildman–Crippen MR) is 114 cm³/mol. The molecule has 0 aliphatic carbocycles. The van der Waals surface area contributed by atoms with Crippen LogP contribution in [-0.4, -0.2) is 48.8 Å². The zero-order valence-electron chi connectivity index (χ0n) is 16.7. The summed E-state index contributed by atoms with van der Waals surface area (Å²) >= 11 is 4.57. The lowest BCUT2D eigenvalue weighted by Gasteiger charge is -2.36. The third-order valence-electron chi connectivity index (χ3n) is 4.75. The second kappa shape index (κ2) is 10.1. The molecule has 6 nitrogen and oxygen atoms in total. The molecule has 2 aromatic carbocycles. The zero-order chi connectivity index (χ0) is 23.3.